The number of nitrogens with zero attached hydrogens (tertiary/aromatic N) is 2. The van der Waals surface area contributed by atoms with Gasteiger partial charge in [-0.2, -0.15) is 5.10 Å². The number of primary sulfonamides is 1. The highest BCUT2D eigenvalue weighted by Crippen LogP contribution is 2.34. The van der Waals surface area contributed by atoms with Crippen molar-refractivity contribution in [1.29, 1.82) is 0 Å². The molecule has 0 aliphatic carbocycles. The number of H-pyrrole nitrogens is 1. The Morgan fingerprint density at radius 3 is 2.59 bits per heavy atom. The van der Waals surface area contributed by atoms with E-state index < -0.39 is 15.3 Å². The minimum atomic E-state index is -3.75. The Labute approximate surface area is 128 Å². The van der Waals surface area contributed by atoms with Crippen LogP contribution in [0.25, 0.3) is 11.1 Å². The molecule has 1 atom stereocenters. The topological polar surface area (TPSA) is 109 Å². The monoisotopic (exact) mass is 320 g/mol. The second-order valence-corrected chi connectivity index (χ2v) is 7.18. The second kappa shape index (κ2) is 5.22. The summed E-state index contributed by atoms with van der Waals surface area (Å²) < 4.78 is 23.0. The van der Waals surface area contributed by atoms with Gasteiger partial charge in [0, 0.05) is 24.2 Å². The fraction of sp³-hybridized carbons (Fsp3) is 0.286. The Morgan fingerprint density at radius 1 is 1.32 bits per heavy atom. The lowest BCUT2D eigenvalue weighted by atomic mass is 10.1. The molecule has 1 saturated heterocycles. The molecule has 0 radical (unpaired) electrons. The number of nitrogens with one attached hydrogen (secondary N) is 1. The molecule has 1 unspecified atom stereocenters. The number of amides is 1. The zero-order valence-electron chi connectivity index (χ0n) is 12.0. The predicted octanol–water partition coefficient (Wildman–Crippen LogP) is 0.779. The van der Waals surface area contributed by atoms with Crippen LogP contribution in [0.2, 0.25) is 0 Å². The van der Waals surface area contributed by atoms with Gasteiger partial charge in [-0.15, -0.1) is 0 Å². The number of hydrogen-bond acceptors (Lipinski definition) is 4. The molecule has 2 heterocycles. The first-order valence-electron chi connectivity index (χ1n) is 6.80. The lowest BCUT2D eigenvalue weighted by Crippen LogP contribution is -2.32. The van der Waals surface area contributed by atoms with Gasteiger partial charge in [0.15, 0.2) is 5.82 Å². The van der Waals surface area contributed by atoms with Crippen LogP contribution in [0.1, 0.15) is 12.1 Å². The quantitative estimate of drug-likeness (QED) is 0.870. The third-order valence-electron chi connectivity index (χ3n) is 3.80. The van der Waals surface area contributed by atoms with Crippen LogP contribution in [0.15, 0.2) is 30.3 Å². The zero-order chi connectivity index (χ0) is 15.9. The third-order valence-corrected chi connectivity index (χ3v) is 5.05. The summed E-state index contributed by atoms with van der Waals surface area (Å²) in [5.74, 6) is 0.155. The van der Waals surface area contributed by atoms with Gasteiger partial charge in [-0.3, -0.25) is 14.8 Å². The second-order valence-electron chi connectivity index (χ2n) is 5.33. The van der Waals surface area contributed by atoms with E-state index in [1.54, 1.807) is 0 Å². The van der Waals surface area contributed by atoms with Crippen molar-refractivity contribution in [2.45, 2.75) is 18.6 Å². The summed E-state index contributed by atoms with van der Waals surface area (Å²) in [6, 6.07) is 9.52. The van der Waals surface area contributed by atoms with Crippen molar-refractivity contribution in [2.24, 2.45) is 5.14 Å². The fourth-order valence-corrected chi connectivity index (χ4v) is 3.39. The highest BCUT2D eigenvalue weighted by atomic mass is 32.2. The molecule has 1 aliphatic heterocycles. The van der Waals surface area contributed by atoms with Gasteiger partial charge in [-0.1, -0.05) is 30.3 Å². The molecule has 1 fully saturated rings. The van der Waals surface area contributed by atoms with Crippen molar-refractivity contribution in [3.8, 4) is 11.1 Å². The van der Waals surface area contributed by atoms with Crippen LogP contribution in [0, 0.1) is 6.92 Å². The van der Waals surface area contributed by atoms with Crippen LogP contribution in [0.5, 0.6) is 0 Å². The molecule has 7 nitrogen and oxygen atoms in total. The number of aromatic nitrogens is 2. The van der Waals surface area contributed by atoms with Crippen molar-refractivity contribution < 1.29 is 13.2 Å². The summed E-state index contributed by atoms with van der Waals surface area (Å²) in [7, 11) is -3.75. The maximum absolute atomic E-state index is 12.2. The minimum absolute atomic E-state index is 0.0296. The number of nitrogens with two attached hydrogens (primary N) is 1. The van der Waals surface area contributed by atoms with E-state index in [0.29, 0.717) is 5.82 Å². The highest BCUT2D eigenvalue weighted by molar-refractivity contribution is 7.89. The average Bonchev–Trinajstić information content (AvgIpc) is 3.02. The number of rotatable bonds is 3. The van der Waals surface area contributed by atoms with Gasteiger partial charge in [0.2, 0.25) is 15.9 Å². The molecule has 8 heteroatoms. The molecule has 1 aromatic carbocycles. The highest BCUT2D eigenvalue weighted by Gasteiger charge is 2.39. The van der Waals surface area contributed by atoms with Gasteiger partial charge in [0.25, 0.3) is 0 Å². The van der Waals surface area contributed by atoms with Gasteiger partial charge in [-0.25, -0.2) is 13.6 Å². The summed E-state index contributed by atoms with van der Waals surface area (Å²) in [6.45, 7) is 1.89. The van der Waals surface area contributed by atoms with Crippen LogP contribution in [-0.2, 0) is 14.8 Å². The number of carbonyl (C=O) groups excluding carboxylic acids is 1. The van der Waals surface area contributed by atoms with Crippen molar-refractivity contribution >= 4 is 21.7 Å². The van der Waals surface area contributed by atoms with E-state index in [1.807, 2.05) is 37.3 Å². The van der Waals surface area contributed by atoms with Gasteiger partial charge in [0.1, 0.15) is 5.25 Å². The lowest BCUT2D eigenvalue weighted by Gasteiger charge is -2.15. The number of aryl methyl sites for hydroxylation is 1. The van der Waals surface area contributed by atoms with E-state index in [-0.39, 0.29) is 18.9 Å². The van der Waals surface area contributed by atoms with E-state index in [4.69, 9.17) is 5.14 Å². The van der Waals surface area contributed by atoms with Crippen molar-refractivity contribution in [1.82, 2.24) is 10.2 Å². The van der Waals surface area contributed by atoms with Gasteiger partial charge in [-0.05, 0) is 12.5 Å². The van der Waals surface area contributed by atoms with Crippen LogP contribution >= 0.6 is 0 Å². The zero-order valence-corrected chi connectivity index (χ0v) is 12.8. The van der Waals surface area contributed by atoms with Gasteiger partial charge in [0.05, 0.1) is 0 Å². The summed E-state index contributed by atoms with van der Waals surface area (Å²) in [5, 5.41) is 11.3. The number of sulfonamides is 1. The van der Waals surface area contributed by atoms with E-state index >= 15 is 0 Å². The van der Waals surface area contributed by atoms with Crippen LogP contribution in [0.4, 0.5) is 5.82 Å². The van der Waals surface area contributed by atoms with E-state index in [2.05, 4.69) is 10.2 Å². The third kappa shape index (κ3) is 2.51. The standard InChI is InChI=1S/C14H16N4O3S/c1-9-13(10-5-3-2-4-6-10)14(17-16-9)18-8-11(7-12(18)19)22(15,20)21/h2-6,11H,7-8H2,1H3,(H,16,17)(H2,15,20,21). The van der Waals surface area contributed by atoms with E-state index in [0.717, 1.165) is 16.8 Å². The van der Waals surface area contributed by atoms with Gasteiger partial charge >= 0.3 is 0 Å². The minimum Gasteiger partial charge on any atom is -0.293 e. The van der Waals surface area contributed by atoms with Crippen LogP contribution in [0.3, 0.4) is 0 Å². The maximum atomic E-state index is 12.2. The van der Waals surface area contributed by atoms with Crippen molar-refractivity contribution in [3.63, 3.8) is 0 Å². The first kappa shape index (κ1) is 14.7. The smallest absolute Gasteiger partial charge is 0.229 e. The molecular formula is C14H16N4O3S. The summed E-state index contributed by atoms with van der Waals surface area (Å²) in [6.07, 6.45) is -0.112. The number of anilines is 1. The Morgan fingerprint density at radius 2 is 2.00 bits per heavy atom. The van der Waals surface area contributed by atoms with E-state index in [9.17, 15) is 13.2 Å². The lowest BCUT2D eigenvalue weighted by molar-refractivity contribution is -0.117. The number of aromatic amines is 1. The first-order chi connectivity index (χ1) is 10.4. The van der Waals surface area contributed by atoms with Crippen molar-refractivity contribution in [3.05, 3.63) is 36.0 Å². The maximum Gasteiger partial charge on any atom is 0.229 e. The normalized spacial score (nSPS) is 18.9. The number of hydrogen-bond donors (Lipinski definition) is 2. The number of carbonyl (C=O) groups is 1. The molecule has 2 aromatic rings. The molecule has 0 saturated carbocycles. The van der Waals surface area contributed by atoms with Crippen LogP contribution < -0.4 is 10.0 Å². The first-order valence-corrected chi connectivity index (χ1v) is 8.41. The van der Waals surface area contributed by atoms with Crippen LogP contribution in [-0.4, -0.2) is 36.3 Å². The molecule has 3 N–H and O–H groups in total. The molecule has 22 heavy (non-hydrogen) atoms. The predicted molar refractivity (Wildman–Crippen MR) is 82.6 cm³/mol. The van der Waals surface area contributed by atoms with E-state index in [1.165, 1.54) is 4.90 Å². The molecule has 3 rings (SSSR count). The Bertz CT molecular complexity index is 814. The average molecular weight is 320 g/mol. The summed E-state index contributed by atoms with van der Waals surface area (Å²) >= 11 is 0. The Balaban J connectivity index is 2.02. The molecule has 1 aliphatic rings. The van der Waals surface area contributed by atoms with Crippen molar-refractivity contribution in [2.75, 3.05) is 11.4 Å². The summed E-state index contributed by atoms with van der Waals surface area (Å²) in [5.41, 5.74) is 2.52. The largest absolute Gasteiger partial charge is 0.293 e. The SMILES string of the molecule is Cc1[nH]nc(N2CC(S(N)(=O)=O)CC2=O)c1-c1ccccc1. The molecule has 0 bridgehead atoms. The number of benzene rings is 1. The molecule has 0 spiro atoms. The fourth-order valence-electron chi connectivity index (χ4n) is 2.66. The molecular weight excluding hydrogens is 304 g/mol. The Kier molecular flexibility index (Phi) is 3.50. The molecule has 116 valence electrons. The summed E-state index contributed by atoms with van der Waals surface area (Å²) in [4.78, 5) is 13.6. The van der Waals surface area contributed by atoms with Gasteiger partial charge < -0.3 is 0 Å². The molecule has 1 aromatic heterocycles. The Hall–Kier alpha value is -2.19. The molecule has 1 amide bonds.